The van der Waals surface area contributed by atoms with Crippen molar-refractivity contribution < 1.29 is 18.3 Å². The van der Waals surface area contributed by atoms with Gasteiger partial charge in [-0.2, -0.15) is 0 Å². The number of aromatic amines is 1. The van der Waals surface area contributed by atoms with Gasteiger partial charge in [-0.15, -0.1) is 0 Å². The summed E-state index contributed by atoms with van der Waals surface area (Å²) in [6.45, 7) is 0.320. The predicted octanol–water partition coefficient (Wildman–Crippen LogP) is 4.23. The van der Waals surface area contributed by atoms with Crippen molar-refractivity contribution in [3.63, 3.8) is 0 Å². The van der Waals surface area contributed by atoms with Gasteiger partial charge in [-0.3, -0.25) is 4.79 Å². The number of fused-ring (bicyclic) bond motifs is 1. The molecule has 0 aliphatic heterocycles. The van der Waals surface area contributed by atoms with Crippen molar-refractivity contribution in [1.29, 1.82) is 0 Å². The number of nitrogen functional groups attached to an aromatic ring is 1. The zero-order chi connectivity index (χ0) is 19.7. The van der Waals surface area contributed by atoms with E-state index in [4.69, 9.17) is 10.5 Å². The number of pyridine rings is 1. The monoisotopic (exact) mass is 379 g/mol. The van der Waals surface area contributed by atoms with Crippen LogP contribution in [0.5, 0.6) is 5.75 Å². The molecule has 4 rings (SSSR count). The minimum Gasteiger partial charge on any atom is -0.487 e. The normalized spacial score (nSPS) is 10.9. The zero-order valence-electron chi connectivity index (χ0n) is 14.6. The first-order valence-corrected chi connectivity index (χ1v) is 8.46. The number of aromatic nitrogens is 2. The van der Waals surface area contributed by atoms with E-state index in [0.29, 0.717) is 23.4 Å². The summed E-state index contributed by atoms with van der Waals surface area (Å²) in [7, 11) is 0. The van der Waals surface area contributed by atoms with E-state index >= 15 is 0 Å². The maximum Gasteiger partial charge on any atom is 0.201 e. The molecule has 0 saturated heterocycles. The van der Waals surface area contributed by atoms with Crippen molar-refractivity contribution in [2.24, 2.45) is 0 Å². The third kappa shape index (κ3) is 3.18. The first-order valence-electron chi connectivity index (χ1n) is 8.46. The number of halogens is 2. The van der Waals surface area contributed by atoms with Gasteiger partial charge < -0.3 is 15.5 Å². The minimum absolute atomic E-state index is 0.0797. The number of benzene rings is 2. The average Bonchev–Trinajstić information content (AvgIpc) is 3.13. The number of hydrogen-bond acceptors (Lipinski definition) is 4. The summed E-state index contributed by atoms with van der Waals surface area (Å²) in [6.07, 6.45) is 2.88. The molecule has 0 radical (unpaired) electrons. The van der Waals surface area contributed by atoms with Gasteiger partial charge in [0.25, 0.3) is 0 Å². The number of carbonyl (C=O) groups is 1. The van der Waals surface area contributed by atoms with Crippen LogP contribution in [0.25, 0.3) is 11.0 Å². The number of nitrogens with zero attached hydrogens (tertiary/aromatic N) is 1. The second-order valence-corrected chi connectivity index (χ2v) is 6.20. The Kier molecular flexibility index (Phi) is 4.49. The second-order valence-electron chi connectivity index (χ2n) is 6.20. The SMILES string of the molecule is Nc1ccc(F)c(C(=O)c2c[nH]c3ncc(OCc4ccccc4)cc23)c1F. The predicted molar refractivity (Wildman–Crippen MR) is 101 cm³/mol. The first-order chi connectivity index (χ1) is 13.5. The molecule has 0 aliphatic rings. The molecule has 0 unspecified atom stereocenters. The van der Waals surface area contributed by atoms with Crippen molar-refractivity contribution in [2.75, 3.05) is 5.73 Å². The van der Waals surface area contributed by atoms with Crippen molar-refractivity contribution in [2.45, 2.75) is 6.61 Å². The van der Waals surface area contributed by atoms with E-state index in [1.807, 2.05) is 30.3 Å². The van der Waals surface area contributed by atoms with Gasteiger partial charge in [0, 0.05) is 17.1 Å². The molecule has 0 saturated carbocycles. The van der Waals surface area contributed by atoms with Gasteiger partial charge in [0.15, 0.2) is 5.82 Å². The Bertz CT molecular complexity index is 1170. The van der Waals surface area contributed by atoms with Crippen LogP contribution in [0.1, 0.15) is 21.5 Å². The highest BCUT2D eigenvalue weighted by Crippen LogP contribution is 2.27. The number of hydrogen-bond donors (Lipinski definition) is 2. The minimum atomic E-state index is -1.08. The third-order valence-corrected chi connectivity index (χ3v) is 4.35. The molecule has 5 nitrogen and oxygen atoms in total. The van der Waals surface area contributed by atoms with Crippen LogP contribution in [0.3, 0.4) is 0 Å². The summed E-state index contributed by atoms with van der Waals surface area (Å²) >= 11 is 0. The van der Waals surface area contributed by atoms with Crippen LogP contribution >= 0.6 is 0 Å². The van der Waals surface area contributed by atoms with Gasteiger partial charge in [0.1, 0.15) is 23.8 Å². The van der Waals surface area contributed by atoms with Crippen LogP contribution < -0.4 is 10.5 Å². The quantitative estimate of drug-likeness (QED) is 0.402. The molecule has 7 heteroatoms. The van der Waals surface area contributed by atoms with E-state index in [-0.39, 0.29) is 11.3 Å². The number of rotatable bonds is 5. The zero-order valence-corrected chi connectivity index (χ0v) is 14.6. The number of nitrogens with two attached hydrogens (primary N) is 1. The molecular weight excluding hydrogens is 364 g/mol. The lowest BCUT2D eigenvalue weighted by Crippen LogP contribution is -2.09. The van der Waals surface area contributed by atoms with Gasteiger partial charge in [-0.05, 0) is 23.8 Å². The number of carbonyl (C=O) groups excluding carboxylic acids is 1. The van der Waals surface area contributed by atoms with E-state index in [1.165, 1.54) is 12.4 Å². The molecular formula is C21H15F2N3O2. The Balaban J connectivity index is 1.69. The van der Waals surface area contributed by atoms with E-state index in [1.54, 1.807) is 6.07 Å². The highest BCUT2D eigenvalue weighted by Gasteiger charge is 2.23. The summed E-state index contributed by atoms with van der Waals surface area (Å²) in [5, 5.41) is 0.400. The molecule has 2 aromatic heterocycles. The Morgan fingerprint density at radius 3 is 2.71 bits per heavy atom. The molecule has 2 heterocycles. The molecule has 0 aliphatic carbocycles. The largest absolute Gasteiger partial charge is 0.487 e. The Hall–Kier alpha value is -3.74. The average molecular weight is 379 g/mol. The van der Waals surface area contributed by atoms with Crippen molar-refractivity contribution in [1.82, 2.24) is 9.97 Å². The smallest absolute Gasteiger partial charge is 0.201 e. The topological polar surface area (TPSA) is 81.0 Å². The van der Waals surface area contributed by atoms with E-state index < -0.39 is 23.0 Å². The Labute approximate surface area is 158 Å². The maximum atomic E-state index is 14.3. The molecule has 4 aromatic rings. The highest BCUT2D eigenvalue weighted by molar-refractivity contribution is 6.16. The molecule has 140 valence electrons. The van der Waals surface area contributed by atoms with Crippen LogP contribution in [-0.2, 0) is 6.61 Å². The fourth-order valence-corrected chi connectivity index (χ4v) is 2.90. The van der Waals surface area contributed by atoms with Gasteiger partial charge in [-0.1, -0.05) is 30.3 Å². The molecule has 0 fully saturated rings. The third-order valence-electron chi connectivity index (χ3n) is 4.35. The molecule has 3 N–H and O–H groups in total. The van der Waals surface area contributed by atoms with E-state index in [9.17, 15) is 13.6 Å². The molecule has 0 amide bonds. The fourth-order valence-electron chi connectivity index (χ4n) is 2.90. The van der Waals surface area contributed by atoms with E-state index in [2.05, 4.69) is 9.97 Å². The Morgan fingerprint density at radius 2 is 1.93 bits per heavy atom. The number of anilines is 1. The highest BCUT2D eigenvalue weighted by atomic mass is 19.1. The first kappa shape index (κ1) is 17.7. The molecule has 0 bridgehead atoms. The van der Waals surface area contributed by atoms with Gasteiger partial charge in [0.05, 0.1) is 17.4 Å². The van der Waals surface area contributed by atoms with Crippen LogP contribution in [0.15, 0.2) is 60.9 Å². The molecule has 0 spiro atoms. The standard InChI is InChI=1S/C21H15F2N3O2/c22-16-6-7-17(24)19(23)18(16)20(27)15-10-26-21-14(15)8-13(9-25-21)28-11-12-4-2-1-3-5-12/h1-10H,11,24H2,(H,25,26). The molecule has 28 heavy (non-hydrogen) atoms. The van der Waals surface area contributed by atoms with Gasteiger partial charge in [0.2, 0.25) is 5.78 Å². The van der Waals surface area contributed by atoms with Crippen LogP contribution in [-0.4, -0.2) is 15.8 Å². The van der Waals surface area contributed by atoms with Crippen molar-refractivity contribution in [3.8, 4) is 5.75 Å². The van der Waals surface area contributed by atoms with Crippen LogP contribution in [0, 0.1) is 11.6 Å². The van der Waals surface area contributed by atoms with Crippen molar-refractivity contribution >= 4 is 22.5 Å². The summed E-state index contributed by atoms with van der Waals surface area (Å²) < 4.78 is 34.1. The number of nitrogens with one attached hydrogen (secondary N) is 1. The van der Waals surface area contributed by atoms with E-state index in [0.717, 1.165) is 17.7 Å². The van der Waals surface area contributed by atoms with Crippen molar-refractivity contribution in [3.05, 3.63) is 89.2 Å². The number of ketones is 1. The second kappa shape index (κ2) is 7.11. The lowest BCUT2D eigenvalue weighted by Gasteiger charge is -2.07. The lowest BCUT2D eigenvalue weighted by atomic mass is 10.0. The summed E-state index contributed by atoms with van der Waals surface area (Å²) in [5.41, 5.74) is 5.94. The summed E-state index contributed by atoms with van der Waals surface area (Å²) in [5.74, 6) is -2.45. The van der Waals surface area contributed by atoms with Crippen LogP contribution in [0.4, 0.5) is 14.5 Å². The Morgan fingerprint density at radius 1 is 1.14 bits per heavy atom. The lowest BCUT2D eigenvalue weighted by molar-refractivity contribution is 0.103. The van der Waals surface area contributed by atoms with Gasteiger partial charge in [-0.25, -0.2) is 13.8 Å². The van der Waals surface area contributed by atoms with Gasteiger partial charge >= 0.3 is 0 Å². The number of ether oxygens (including phenoxy) is 1. The fraction of sp³-hybridized carbons (Fsp3) is 0.0476. The number of H-pyrrole nitrogens is 1. The molecule has 2 aromatic carbocycles. The molecule has 0 atom stereocenters. The summed E-state index contributed by atoms with van der Waals surface area (Å²) in [6, 6.07) is 13.2. The maximum absolute atomic E-state index is 14.3. The summed E-state index contributed by atoms with van der Waals surface area (Å²) in [4.78, 5) is 19.8. The van der Waals surface area contributed by atoms with Crippen LogP contribution in [0.2, 0.25) is 0 Å².